The second kappa shape index (κ2) is 5.56. The maximum absolute atomic E-state index is 11.0. The summed E-state index contributed by atoms with van der Waals surface area (Å²) in [5.41, 5.74) is 0.979. The van der Waals surface area contributed by atoms with Crippen LogP contribution in [0.15, 0.2) is 30.5 Å². The van der Waals surface area contributed by atoms with E-state index in [0.29, 0.717) is 19.4 Å². The molecule has 0 radical (unpaired) electrons. The standard InChI is InChI=1S/C14H15NO4/c1-19-13(16)3-2-7-15-8-6-10-4-5-11(14(17)18)9-12(10)15/h4-6,8-9H,2-3,7H2,1H3,(H,17,18)/p-1. The minimum absolute atomic E-state index is 0.153. The van der Waals surface area contributed by atoms with Crippen molar-refractivity contribution in [2.45, 2.75) is 19.4 Å². The molecular formula is C14H14NO4-. The Morgan fingerprint density at radius 1 is 1.32 bits per heavy atom. The maximum atomic E-state index is 11.0. The lowest BCUT2D eigenvalue weighted by Gasteiger charge is -2.07. The van der Waals surface area contributed by atoms with Gasteiger partial charge in [-0.05, 0) is 29.5 Å². The van der Waals surface area contributed by atoms with E-state index in [1.807, 2.05) is 16.8 Å². The van der Waals surface area contributed by atoms with Crippen LogP contribution in [0.3, 0.4) is 0 Å². The smallest absolute Gasteiger partial charge is 0.305 e. The Morgan fingerprint density at radius 3 is 2.79 bits per heavy atom. The van der Waals surface area contributed by atoms with Crippen molar-refractivity contribution in [2.24, 2.45) is 0 Å². The lowest BCUT2D eigenvalue weighted by atomic mass is 10.1. The number of carbonyl (C=O) groups excluding carboxylic acids is 2. The number of fused-ring (bicyclic) bond motifs is 1. The summed E-state index contributed by atoms with van der Waals surface area (Å²) in [5, 5.41) is 11.8. The van der Waals surface area contributed by atoms with Gasteiger partial charge in [-0.1, -0.05) is 12.1 Å². The Morgan fingerprint density at radius 2 is 2.11 bits per heavy atom. The highest BCUT2D eigenvalue weighted by Gasteiger charge is 2.05. The molecule has 1 heterocycles. The molecule has 0 spiro atoms. The highest BCUT2D eigenvalue weighted by atomic mass is 16.5. The molecule has 0 bridgehead atoms. The molecule has 0 saturated heterocycles. The number of carboxylic acids is 1. The van der Waals surface area contributed by atoms with Crippen molar-refractivity contribution in [1.29, 1.82) is 0 Å². The molecule has 0 amide bonds. The number of aromatic nitrogens is 1. The first kappa shape index (κ1) is 13.1. The average molecular weight is 260 g/mol. The summed E-state index contributed by atoms with van der Waals surface area (Å²) in [6.45, 7) is 0.634. The lowest BCUT2D eigenvalue weighted by molar-refractivity contribution is -0.255. The van der Waals surface area contributed by atoms with E-state index in [0.717, 1.165) is 10.9 Å². The van der Waals surface area contributed by atoms with Crippen molar-refractivity contribution in [2.75, 3.05) is 7.11 Å². The number of rotatable bonds is 5. The van der Waals surface area contributed by atoms with Crippen molar-refractivity contribution < 1.29 is 19.4 Å². The van der Waals surface area contributed by atoms with Crippen LogP contribution in [0.2, 0.25) is 0 Å². The number of aryl methyl sites for hydroxylation is 1. The van der Waals surface area contributed by atoms with Gasteiger partial charge in [0.05, 0.1) is 13.1 Å². The second-order valence-electron chi connectivity index (χ2n) is 4.25. The number of carboxylic acid groups (broad SMARTS) is 1. The Labute approximate surface area is 110 Å². The predicted molar refractivity (Wildman–Crippen MR) is 67.5 cm³/mol. The monoisotopic (exact) mass is 260 g/mol. The molecule has 0 unspecified atom stereocenters. The van der Waals surface area contributed by atoms with Crippen LogP contribution in [-0.4, -0.2) is 23.6 Å². The first-order valence-corrected chi connectivity index (χ1v) is 5.99. The second-order valence-corrected chi connectivity index (χ2v) is 4.25. The highest BCUT2D eigenvalue weighted by molar-refractivity contribution is 5.92. The summed E-state index contributed by atoms with van der Waals surface area (Å²) >= 11 is 0. The third-order valence-corrected chi connectivity index (χ3v) is 3.02. The summed E-state index contributed by atoms with van der Waals surface area (Å²) < 4.78 is 6.49. The van der Waals surface area contributed by atoms with Crippen LogP contribution in [0.5, 0.6) is 0 Å². The predicted octanol–water partition coefficient (Wildman–Crippen LogP) is 0.958. The third-order valence-electron chi connectivity index (χ3n) is 3.02. The Hall–Kier alpha value is -2.30. The minimum atomic E-state index is -1.19. The fourth-order valence-electron chi connectivity index (χ4n) is 2.00. The first-order valence-electron chi connectivity index (χ1n) is 5.99. The highest BCUT2D eigenvalue weighted by Crippen LogP contribution is 2.18. The molecule has 1 aromatic heterocycles. The van der Waals surface area contributed by atoms with Crippen molar-refractivity contribution in [1.82, 2.24) is 4.57 Å². The fraction of sp³-hybridized carbons (Fsp3) is 0.286. The van der Waals surface area contributed by atoms with Gasteiger partial charge in [0.25, 0.3) is 0 Å². The van der Waals surface area contributed by atoms with Crippen molar-refractivity contribution >= 4 is 22.8 Å². The van der Waals surface area contributed by atoms with E-state index >= 15 is 0 Å². The van der Waals surface area contributed by atoms with Crippen LogP contribution in [0.4, 0.5) is 0 Å². The zero-order valence-corrected chi connectivity index (χ0v) is 10.6. The molecule has 0 aliphatic rings. The number of nitrogens with zero attached hydrogens (tertiary/aromatic N) is 1. The Bertz CT molecular complexity index is 615. The van der Waals surface area contributed by atoms with Crippen LogP contribution in [0, 0.1) is 0 Å². The molecule has 5 nitrogen and oxygen atoms in total. The van der Waals surface area contributed by atoms with Gasteiger partial charge in [0.1, 0.15) is 0 Å². The summed E-state index contributed by atoms with van der Waals surface area (Å²) in [6, 6.07) is 6.77. The molecule has 5 heteroatoms. The zero-order valence-electron chi connectivity index (χ0n) is 10.6. The molecule has 0 fully saturated rings. The van der Waals surface area contributed by atoms with Crippen LogP contribution < -0.4 is 5.11 Å². The summed E-state index contributed by atoms with van der Waals surface area (Å²) in [5.74, 6) is -1.43. The molecule has 0 aliphatic heterocycles. The number of hydrogen-bond acceptors (Lipinski definition) is 4. The van der Waals surface area contributed by atoms with Crippen molar-refractivity contribution in [3.63, 3.8) is 0 Å². The molecule has 0 saturated carbocycles. The first-order chi connectivity index (χ1) is 9.11. The fourth-order valence-corrected chi connectivity index (χ4v) is 2.00. The number of carbonyl (C=O) groups is 2. The molecule has 1 aromatic carbocycles. The van der Waals surface area contributed by atoms with Gasteiger partial charge in [0.15, 0.2) is 0 Å². The van der Waals surface area contributed by atoms with E-state index < -0.39 is 5.97 Å². The van der Waals surface area contributed by atoms with Crippen LogP contribution in [-0.2, 0) is 16.1 Å². The van der Waals surface area contributed by atoms with E-state index in [-0.39, 0.29) is 11.5 Å². The minimum Gasteiger partial charge on any atom is -0.545 e. The van der Waals surface area contributed by atoms with E-state index in [2.05, 4.69) is 4.74 Å². The number of hydrogen-bond donors (Lipinski definition) is 0. The van der Waals surface area contributed by atoms with Crippen LogP contribution in [0.25, 0.3) is 10.9 Å². The molecule has 2 rings (SSSR count). The third kappa shape index (κ3) is 2.93. The van der Waals surface area contributed by atoms with Gasteiger partial charge in [-0.25, -0.2) is 0 Å². The van der Waals surface area contributed by atoms with Gasteiger partial charge in [-0.2, -0.15) is 0 Å². The van der Waals surface area contributed by atoms with Gasteiger partial charge in [-0.15, -0.1) is 0 Å². The van der Waals surface area contributed by atoms with Gasteiger partial charge in [-0.3, -0.25) is 4.79 Å². The van der Waals surface area contributed by atoms with E-state index in [1.165, 1.54) is 13.2 Å². The molecule has 0 atom stereocenters. The normalized spacial score (nSPS) is 10.6. The van der Waals surface area contributed by atoms with E-state index in [1.54, 1.807) is 12.1 Å². The summed E-state index contributed by atoms with van der Waals surface area (Å²) in [7, 11) is 1.36. The maximum Gasteiger partial charge on any atom is 0.305 e. The number of esters is 1. The largest absolute Gasteiger partial charge is 0.545 e. The molecule has 0 N–H and O–H groups in total. The summed E-state index contributed by atoms with van der Waals surface area (Å²) in [4.78, 5) is 21.9. The quantitative estimate of drug-likeness (QED) is 0.751. The van der Waals surface area contributed by atoms with Gasteiger partial charge >= 0.3 is 5.97 Å². The van der Waals surface area contributed by atoms with Gasteiger partial charge in [0.2, 0.25) is 0 Å². The molecule has 2 aromatic rings. The zero-order chi connectivity index (χ0) is 13.8. The SMILES string of the molecule is COC(=O)CCCn1ccc2ccc(C(=O)[O-])cc21. The number of ether oxygens (including phenoxy) is 1. The van der Waals surface area contributed by atoms with Crippen molar-refractivity contribution in [3.05, 3.63) is 36.0 Å². The number of benzene rings is 1. The van der Waals surface area contributed by atoms with Gasteiger partial charge < -0.3 is 19.2 Å². The molecule has 0 aliphatic carbocycles. The van der Waals surface area contributed by atoms with Crippen LogP contribution >= 0.6 is 0 Å². The lowest BCUT2D eigenvalue weighted by Crippen LogP contribution is -2.22. The Kier molecular flexibility index (Phi) is 3.85. The number of methoxy groups -OCH3 is 1. The summed E-state index contributed by atoms with van der Waals surface area (Å²) in [6.07, 6.45) is 2.86. The molecular weight excluding hydrogens is 246 g/mol. The topological polar surface area (TPSA) is 71.4 Å². The van der Waals surface area contributed by atoms with E-state index in [9.17, 15) is 14.7 Å². The molecule has 100 valence electrons. The average Bonchev–Trinajstić information content (AvgIpc) is 2.81. The Balaban J connectivity index is 2.16. The molecule has 19 heavy (non-hydrogen) atoms. The van der Waals surface area contributed by atoms with E-state index in [4.69, 9.17) is 0 Å². The van der Waals surface area contributed by atoms with Gasteiger partial charge in [0, 0.05) is 24.7 Å². The van der Waals surface area contributed by atoms with Crippen molar-refractivity contribution in [3.8, 4) is 0 Å². The number of aromatic carboxylic acids is 1. The van der Waals surface area contributed by atoms with Crippen LogP contribution in [0.1, 0.15) is 23.2 Å².